The molecule has 1 nitrogen and oxygen atoms in total. The van der Waals surface area contributed by atoms with Gasteiger partial charge in [0.1, 0.15) is 0 Å². The molecule has 0 heterocycles. The van der Waals surface area contributed by atoms with Crippen LogP contribution in [0.4, 0.5) is 0 Å². The number of allylic oxidation sites excluding steroid dienone is 1. The van der Waals surface area contributed by atoms with Gasteiger partial charge in [0.2, 0.25) is 0 Å². The second kappa shape index (κ2) is 5.72. The second-order valence-corrected chi connectivity index (χ2v) is 4.43. The molecule has 0 fully saturated rings. The van der Waals surface area contributed by atoms with Gasteiger partial charge in [0.25, 0.3) is 0 Å². The van der Waals surface area contributed by atoms with E-state index in [2.05, 4.69) is 51.1 Å². The van der Waals surface area contributed by atoms with E-state index in [4.69, 9.17) is 5.73 Å². The van der Waals surface area contributed by atoms with E-state index in [1.54, 1.807) is 0 Å². The summed E-state index contributed by atoms with van der Waals surface area (Å²) in [4.78, 5) is 0. The lowest BCUT2D eigenvalue weighted by atomic mass is 10.0. The molecule has 82 valence electrons. The third-order valence-electron chi connectivity index (χ3n) is 2.43. The maximum atomic E-state index is 5.98. The summed E-state index contributed by atoms with van der Waals surface area (Å²) in [6.07, 6.45) is 4.22. The predicted molar refractivity (Wildman–Crippen MR) is 66.9 cm³/mol. The summed E-state index contributed by atoms with van der Waals surface area (Å²) in [7, 11) is 0. The van der Waals surface area contributed by atoms with E-state index in [9.17, 15) is 0 Å². The predicted octanol–water partition coefficient (Wildman–Crippen LogP) is 3.22. The zero-order valence-electron chi connectivity index (χ0n) is 9.96. The highest BCUT2D eigenvalue weighted by atomic mass is 14.6. The quantitative estimate of drug-likeness (QED) is 0.747. The molecule has 1 heteroatoms. The van der Waals surface area contributed by atoms with Crippen molar-refractivity contribution in [3.63, 3.8) is 0 Å². The smallest absolute Gasteiger partial charge is 0.0229 e. The van der Waals surface area contributed by atoms with Crippen LogP contribution in [0.2, 0.25) is 0 Å². The van der Waals surface area contributed by atoms with Crippen molar-refractivity contribution in [2.45, 2.75) is 39.7 Å². The topological polar surface area (TPSA) is 26.0 Å². The first-order valence-corrected chi connectivity index (χ1v) is 5.54. The SMILES string of the molecule is CC(C)=CC(N)CCc1ccc(C)cc1. The van der Waals surface area contributed by atoms with Gasteiger partial charge in [-0.1, -0.05) is 41.5 Å². The van der Waals surface area contributed by atoms with Crippen molar-refractivity contribution in [3.8, 4) is 0 Å². The van der Waals surface area contributed by atoms with Crippen LogP contribution in [0, 0.1) is 6.92 Å². The van der Waals surface area contributed by atoms with Crippen LogP contribution >= 0.6 is 0 Å². The fourth-order valence-corrected chi connectivity index (χ4v) is 1.60. The van der Waals surface area contributed by atoms with Gasteiger partial charge in [0, 0.05) is 6.04 Å². The van der Waals surface area contributed by atoms with E-state index in [-0.39, 0.29) is 6.04 Å². The van der Waals surface area contributed by atoms with Crippen LogP contribution in [0.3, 0.4) is 0 Å². The van der Waals surface area contributed by atoms with Crippen molar-refractivity contribution in [1.82, 2.24) is 0 Å². The minimum absolute atomic E-state index is 0.191. The molecular formula is C14H21N. The molecule has 1 rings (SSSR count). The maximum absolute atomic E-state index is 5.98. The lowest BCUT2D eigenvalue weighted by Gasteiger charge is -2.07. The van der Waals surface area contributed by atoms with Crippen molar-refractivity contribution in [2.24, 2.45) is 5.73 Å². The fourth-order valence-electron chi connectivity index (χ4n) is 1.60. The Morgan fingerprint density at radius 1 is 1.27 bits per heavy atom. The van der Waals surface area contributed by atoms with E-state index < -0.39 is 0 Å². The molecule has 0 aliphatic rings. The Labute approximate surface area is 93.0 Å². The summed E-state index contributed by atoms with van der Waals surface area (Å²) in [5.74, 6) is 0. The summed E-state index contributed by atoms with van der Waals surface area (Å²) in [6.45, 7) is 6.29. The fraction of sp³-hybridized carbons (Fsp3) is 0.429. The molecular weight excluding hydrogens is 182 g/mol. The second-order valence-electron chi connectivity index (χ2n) is 4.43. The van der Waals surface area contributed by atoms with Crippen LogP contribution < -0.4 is 5.73 Å². The zero-order chi connectivity index (χ0) is 11.3. The van der Waals surface area contributed by atoms with Crippen molar-refractivity contribution in [3.05, 3.63) is 47.0 Å². The molecule has 0 amide bonds. The molecule has 0 aliphatic carbocycles. The third-order valence-corrected chi connectivity index (χ3v) is 2.43. The average molecular weight is 203 g/mol. The van der Waals surface area contributed by atoms with Gasteiger partial charge in [-0.05, 0) is 39.2 Å². The van der Waals surface area contributed by atoms with Crippen LogP contribution in [0.15, 0.2) is 35.9 Å². The number of nitrogens with two attached hydrogens (primary N) is 1. The molecule has 15 heavy (non-hydrogen) atoms. The summed E-state index contributed by atoms with van der Waals surface area (Å²) >= 11 is 0. The van der Waals surface area contributed by atoms with Crippen molar-refractivity contribution >= 4 is 0 Å². The van der Waals surface area contributed by atoms with Crippen molar-refractivity contribution in [1.29, 1.82) is 0 Å². The molecule has 0 saturated heterocycles. The first kappa shape index (κ1) is 12.0. The van der Waals surface area contributed by atoms with Gasteiger partial charge in [-0.25, -0.2) is 0 Å². The van der Waals surface area contributed by atoms with E-state index in [1.807, 2.05) is 0 Å². The van der Waals surface area contributed by atoms with Crippen LogP contribution in [0.5, 0.6) is 0 Å². The van der Waals surface area contributed by atoms with Gasteiger partial charge in [0.05, 0.1) is 0 Å². The lowest BCUT2D eigenvalue weighted by Crippen LogP contribution is -2.17. The van der Waals surface area contributed by atoms with Gasteiger partial charge in [-0.2, -0.15) is 0 Å². The third kappa shape index (κ3) is 4.80. The monoisotopic (exact) mass is 203 g/mol. The highest BCUT2D eigenvalue weighted by Crippen LogP contribution is 2.07. The summed E-state index contributed by atoms with van der Waals surface area (Å²) in [5.41, 5.74) is 9.96. The summed E-state index contributed by atoms with van der Waals surface area (Å²) in [5, 5.41) is 0. The van der Waals surface area contributed by atoms with E-state index >= 15 is 0 Å². The standard InChI is InChI=1S/C14H21N/c1-11(2)10-14(15)9-8-13-6-4-12(3)5-7-13/h4-7,10,14H,8-9,15H2,1-3H3. The number of hydrogen-bond acceptors (Lipinski definition) is 1. The lowest BCUT2D eigenvalue weighted by molar-refractivity contribution is 0.716. The number of rotatable bonds is 4. The molecule has 1 aromatic carbocycles. The minimum atomic E-state index is 0.191. The Hall–Kier alpha value is -1.08. The highest BCUT2D eigenvalue weighted by Gasteiger charge is 1.99. The van der Waals surface area contributed by atoms with Crippen LogP contribution in [-0.2, 0) is 6.42 Å². The maximum Gasteiger partial charge on any atom is 0.0229 e. The number of benzene rings is 1. The van der Waals surface area contributed by atoms with Gasteiger partial charge in [0.15, 0.2) is 0 Å². The molecule has 0 saturated carbocycles. The molecule has 0 aromatic heterocycles. The highest BCUT2D eigenvalue weighted by molar-refractivity contribution is 5.21. The first-order valence-electron chi connectivity index (χ1n) is 5.54. The minimum Gasteiger partial charge on any atom is -0.324 e. The van der Waals surface area contributed by atoms with Gasteiger partial charge >= 0.3 is 0 Å². The van der Waals surface area contributed by atoms with E-state index in [1.165, 1.54) is 16.7 Å². The van der Waals surface area contributed by atoms with Crippen molar-refractivity contribution in [2.75, 3.05) is 0 Å². The van der Waals surface area contributed by atoms with E-state index in [0.29, 0.717) is 0 Å². The molecule has 1 aromatic rings. The Bertz CT molecular complexity index is 318. The zero-order valence-corrected chi connectivity index (χ0v) is 9.96. The molecule has 0 bridgehead atoms. The molecule has 2 N–H and O–H groups in total. The van der Waals surface area contributed by atoms with Crippen molar-refractivity contribution < 1.29 is 0 Å². The van der Waals surface area contributed by atoms with Gasteiger partial charge in [-0.15, -0.1) is 0 Å². The van der Waals surface area contributed by atoms with Crippen LogP contribution in [0.1, 0.15) is 31.4 Å². The Morgan fingerprint density at radius 3 is 2.40 bits per heavy atom. The number of aryl methyl sites for hydroxylation is 2. The molecule has 0 radical (unpaired) electrons. The Kier molecular flexibility index (Phi) is 4.57. The normalized spacial score (nSPS) is 12.3. The average Bonchev–Trinajstić information content (AvgIpc) is 2.16. The first-order chi connectivity index (χ1) is 7.08. The van der Waals surface area contributed by atoms with Gasteiger partial charge in [-0.3, -0.25) is 0 Å². The van der Waals surface area contributed by atoms with Crippen LogP contribution in [-0.4, -0.2) is 6.04 Å². The largest absolute Gasteiger partial charge is 0.324 e. The Balaban J connectivity index is 2.43. The molecule has 0 aliphatic heterocycles. The molecule has 0 spiro atoms. The summed E-state index contributed by atoms with van der Waals surface area (Å²) in [6, 6.07) is 8.87. The summed E-state index contributed by atoms with van der Waals surface area (Å²) < 4.78 is 0. The molecule has 1 atom stereocenters. The van der Waals surface area contributed by atoms with Gasteiger partial charge < -0.3 is 5.73 Å². The van der Waals surface area contributed by atoms with Crippen LogP contribution in [0.25, 0.3) is 0 Å². The number of hydrogen-bond donors (Lipinski definition) is 1. The van der Waals surface area contributed by atoms with E-state index in [0.717, 1.165) is 12.8 Å². The molecule has 1 unspecified atom stereocenters. The Morgan fingerprint density at radius 2 is 1.87 bits per heavy atom.